The maximum atomic E-state index is 10.1. The third-order valence-electron chi connectivity index (χ3n) is 2.02. The summed E-state index contributed by atoms with van der Waals surface area (Å²) in [6, 6.07) is 0. The number of aliphatic carboxylic acids is 1. The van der Waals surface area contributed by atoms with Crippen molar-refractivity contribution in [1.29, 1.82) is 0 Å². The van der Waals surface area contributed by atoms with Crippen molar-refractivity contribution in [2.75, 3.05) is 39.6 Å². The first kappa shape index (κ1) is 16.4. The topological polar surface area (TPSA) is 65.0 Å². The Balaban J connectivity index is 2.91. The average molecular weight is 248 g/mol. The number of hydrogen-bond acceptors (Lipinski definition) is 4. The van der Waals surface area contributed by atoms with E-state index in [2.05, 4.69) is 6.92 Å². The molecule has 102 valence electrons. The molecule has 0 aliphatic carbocycles. The fourth-order valence-electron chi connectivity index (χ4n) is 1.21. The molecular weight excluding hydrogens is 224 g/mol. The fourth-order valence-corrected chi connectivity index (χ4v) is 1.21. The van der Waals surface area contributed by atoms with Crippen LogP contribution in [-0.2, 0) is 19.0 Å². The lowest BCUT2D eigenvalue weighted by Crippen LogP contribution is -2.08. The van der Waals surface area contributed by atoms with Crippen molar-refractivity contribution in [2.24, 2.45) is 0 Å². The van der Waals surface area contributed by atoms with Crippen LogP contribution in [0, 0.1) is 0 Å². The standard InChI is InChI=1S/C12H24O5/c1-2-6-15-9-10-16-7-4-3-5-8-17-11-12(13)14/h2-11H2,1H3,(H,13,14). The summed E-state index contributed by atoms with van der Waals surface area (Å²) >= 11 is 0. The molecule has 0 atom stereocenters. The van der Waals surface area contributed by atoms with Gasteiger partial charge in [-0.25, -0.2) is 4.79 Å². The Bertz CT molecular complexity index is 172. The van der Waals surface area contributed by atoms with E-state index >= 15 is 0 Å². The molecule has 5 nitrogen and oxygen atoms in total. The molecule has 0 saturated heterocycles. The predicted molar refractivity (Wildman–Crippen MR) is 64.2 cm³/mol. The first-order chi connectivity index (χ1) is 8.27. The molecule has 0 saturated carbocycles. The SMILES string of the molecule is CCCOCCOCCCCCOCC(=O)O. The third kappa shape index (κ3) is 15.4. The summed E-state index contributed by atoms with van der Waals surface area (Å²) in [7, 11) is 0. The van der Waals surface area contributed by atoms with Gasteiger partial charge in [0.1, 0.15) is 6.61 Å². The Kier molecular flexibility index (Phi) is 12.9. The van der Waals surface area contributed by atoms with E-state index in [4.69, 9.17) is 19.3 Å². The lowest BCUT2D eigenvalue weighted by atomic mass is 10.2. The van der Waals surface area contributed by atoms with E-state index in [1.165, 1.54) is 0 Å². The molecular formula is C12H24O5. The number of ether oxygens (including phenoxy) is 3. The van der Waals surface area contributed by atoms with Crippen LogP contribution in [0.25, 0.3) is 0 Å². The zero-order chi connectivity index (χ0) is 12.8. The van der Waals surface area contributed by atoms with Crippen LogP contribution >= 0.6 is 0 Å². The number of carboxylic acid groups (broad SMARTS) is 1. The second kappa shape index (κ2) is 13.4. The summed E-state index contributed by atoms with van der Waals surface area (Å²) in [5, 5.41) is 8.32. The minimum Gasteiger partial charge on any atom is -0.480 e. The molecule has 0 aromatic carbocycles. The van der Waals surface area contributed by atoms with E-state index in [1.54, 1.807) is 0 Å². The summed E-state index contributed by atoms with van der Waals surface area (Å²) in [4.78, 5) is 10.1. The van der Waals surface area contributed by atoms with Crippen LogP contribution in [0.1, 0.15) is 32.6 Å². The van der Waals surface area contributed by atoms with Gasteiger partial charge in [-0.1, -0.05) is 6.92 Å². The summed E-state index contributed by atoms with van der Waals surface area (Å²) < 4.78 is 15.5. The molecule has 0 rings (SSSR count). The number of rotatable bonds is 13. The quantitative estimate of drug-likeness (QED) is 0.503. The lowest BCUT2D eigenvalue weighted by molar-refractivity contribution is -0.142. The number of carboxylic acids is 1. The fraction of sp³-hybridized carbons (Fsp3) is 0.917. The van der Waals surface area contributed by atoms with Crippen molar-refractivity contribution in [3.63, 3.8) is 0 Å². The van der Waals surface area contributed by atoms with E-state index < -0.39 is 5.97 Å². The van der Waals surface area contributed by atoms with Crippen LogP contribution in [0.3, 0.4) is 0 Å². The van der Waals surface area contributed by atoms with Gasteiger partial charge in [0.15, 0.2) is 0 Å². The summed E-state index contributed by atoms with van der Waals surface area (Å²) in [5.41, 5.74) is 0. The van der Waals surface area contributed by atoms with Gasteiger partial charge in [0.25, 0.3) is 0 Å². The number of carbonyl (C=O) groups is 1. The molecule has 17 heavy (non-hydrogen) atoms. The summed E-state index contributed by atoms with van der Waals surface area (Å²) in [5.74, 6) is -0.916. The Hall–Kier alpha value is -0.650. The molecule has 1 N–H and O–H groups in total. The smallest absolute Gasteiger partial charge is 0.329 e. The highest BCUT2D eigenvalue weighted by Gasteiger charge is 1.96. The molecule has 0 radical (unpaired) electrons. The predicted octanol–water partition coefficient (Wildman–Crippen LogP) is 1.70. The van der Waals surface area contributed by atoms with Crippen molar-refractivity contribution in [3.8, 4) is 0 Å². The molecule has 0 bridgehead atoms. The highest BCUT2D eigenvalue weighted by atomic mass is 16.5. The van der Waals surface area contributed by atoms with Crippen molar-refractivity contribution in [3.05, 3.63) is 0 Å². The molecule has 0 aromatic heterocycles. The third-order valence-corrected chi connectivity index (χ3v) is 2.02. The maximum absolute atomic E-state index is 10.1. The van der Waals surface area contributed by atoms with Gasteiger partial charge >= 0.3 is 5.97 Å². The monoisotopic (exact) mass is 248 g/mol. The Labute approximate surface area is 103 Å². The van der Waals surface area contributed by atoms with Crippen molar-refractivity contribution in [2.45, 2.75) is 32.6 Å². The highest BCUT2D eigenvalue weighted by molar-refractivity contribution is 5.67. The van der Waals surface area contributed by atoms with Crippen LogP contribution in [0.5, 0.6) is 0 Å². The minimum atomic E-state index is -0.916. The van der Waals surface area contributed by atoms with Gasteiger partial charge in [0, 0.05) is 19.8 Å². The zero-order valence-electron chi connectivity index (χ0n) is 10.7. The molecule has 0 spiro atoms. The van der Waals surface area contributed by atoms with Gasteiger partial charge in [-0.15, -0.1) is 0 Å². The second-order valence-electron chi connectivity index (χ2n) is 3.73. The van der Waals surface area contributed by atoms with E-state index in [9.17, 15) is 4.79 Å². The number of unbranched alkanes of at least 4 members (excludes halogenated alkanes) is 2. The van der Waals surface area contributed by atoms with Crippen molar-refractivity contribution >= 4 is 5.97 Å². The van der Waals surface area contributed by atoms with E-state index in [1.807, 2.05) is 0 Å². The molecule has 0 aliphatic heterocycles. The molecule has 0 amide bonds. The first-order valence-corrected chi connectivity index (χ1v) is 6.22. The molecule has 0 aromatic rings. The maximum Gasteiger partial charge on any atom is 0.329 e. The van der Waals surface area contributed by atoms with Gasteiger partial charge in [0.05, 0.1) is 13.2 Å². The van der Waals surface area contributed by atoms with Crippen LogP contribution in [-0.4, -0.2) is 50.7 Å². The normalized spacial score (nSPS) is 10.6. The molecule has 0 aliphatic rings. The van der Waals surface area contributed by atoms with Gasteiger partial charge < -0.3 is 19.3 Å². The zero-order valence-corrected chi connectivity index (χ0v) is 10.7. The molecule has 0 heterocycles. The average Bonchev–Trinajstić information content (AvgIpc) is 2.30. The van der Waals surface area contributed by atoms with Crippen LogP contribution in [0.2, 0.25) is 0 Å². The van der Waals surface area contributed by atoms with Crippen LogP contribution in [0.4, 0.5) is 0 Å². The first-order valence-electron chi connectivity index (χ1n) is 6.22. The largest absolute Gasteiger partial charge is 0.480 e. The van der Waals surface area contributed by atoms with E-state index in [-0.39, 0.29) is 6.61 Å². The van der Waals surface area contributed by atoms with Crippen LogP contribution < -0.4 is 0 Å². The van der Waals surface area contributed by atoms with Gasteiger partial charge in [-0.3, -0.25) is 0 Å². The highest BCUT2D eigenvalue weighted by Crippen LogP contribution is 1.96. The molecule has 0 unspecified atom stereocenters. The van der Waals surface area contributed by atoms with Crippen LogP contribution in [0.15, 0.2) is 0 Å². The molecule has 5 heteroatoms. The van der Waals surface area contributed by atoms with Gasteiger partial charge in [-0.2, -0.15) is 0 Å². The van der Waals surface area contributed by atoms with Crippen molar-refractivity contribution in [1.82, 2.24) is 0 Å². The minimum absolute atomic E-state index is 0.203. The van der Waals surface area contributed by atoms with Gasteiger partial charge in [-0.05, 0) is 25.7 Å². The second-order valence-corrected chi connectivity index (χ2v) is 3.73. The Morgan fingerprint density at radius 3 is 2.06 bits per heavy atom. The summed E-state index contributed by atoms with van der Waals surface area (Å²) in [6.45, 7) is 5.22. The lowest BCUT2D eigenvalue weighted by Gasteiger charge is -2.05. The Morgan fingerprint density at radius 1 is 0.882 bits per heavy atom. The number of hydrogen-bond donors (Lipinski definition) is 1. The van der Waals surface area contributed by atoms with E-state index in [0.29, 0.717) is 19.8 Å². The van der Waals surface area contributed by atoms with Gasteiger partial charge in [0.2, 0.25) is 0 Å². The summed E-state index contributed by atoms with van der Waals surface area (Å²) in [6.07, 6.45) is 3.89. The van der Waals surface area contributed by atoms with Crippen molar-refractivity contribution < 1.29 is 24.1 Å². The molecule has 0 fully saturated rings. The van der Waals surface area contributed by atoms with E-state index in [0.717, 1.165) is 38.9 Å². The Morgan fingerprint density at radius 2 is 1.47 bits per heavy atom.